The summed E-state index contributed by atoms with van der Waals surface area (Å²) in [7, 11) is 0. The molecule has 0 fully saturated rings. The number of carbonyl (C=O) groups excluding carboxylic acids is 1. The van der Waals surface area contributed by atoms with Crippen molar-refractivity contribution >= 4 is 39.0 Å². The highest BCUT2D eigenvalue weighted by atomic mass is 79.9. The lowest BCUT2D eigenvalue weighted by molar-refractivity contribution is 0.0992. The molecule has 0 atom stereocenters. The molecule has 2 aromatic carbocycles. The number of Topliss-reactive ketones (excluding diaryl/α,β-unsaturated/α-hetero) is 1. The number of hydrogen-bond acceptors (Lipinski definition) is 2. The van der Waals surface area contributed by atoms with Gasteiger partial charge in [-0.1, -0.05) is 27.5 Å². The van der Waals surface area contributed by atoms with E-state index < -0.39 is 5.82 Å². The first-order valence-corrected chi connectivity index (χ1v) is 6.66. The molecule has 0 aliphatic rings. The molecule has 0 amide bonds. The van der Waals surface area contributed by atoms with Crippen LogP contribution in [0.1, 0.15) is 15.9 Å². The second-order valence-electron chi connectivity index (χ2n) is 4.07. The van der Waals surface area contributed by atoms with E-state index in [4.69, 9.17) is 17.3 Å². The van der Waals surface area contributed by atoms with E-state index in [9.17, 15) is 9.18 Å². The lowest BCUT2D eigenvalue weighted by Crippen LogP contribution is -2.05. The van der Waals surface area contributed by atoms with Crippen molar-refractivity contribution in [2.24, 2.45) is 0 Å². The van der Waals surface area contributed by atoms with E-state index in [2.05, 4.69) is 15.9 Å². The Morgan fingerprint density at radius 2 is 2.00 bits per heavy atom. The van der Waals surface area contributed by atoms with Crippen molar-refractivity contribution < 1.29 is 9.18 Å². The van der Waals surface area contributed by atoms with Gasteiger partial charge in [0.05, 0.1) is 10.7 Å². The quantitative estimate of drug-likeness (QED) is 0.669. The number of nitrogens with two attached hydrogens (primary N) is 1. The van der Waals surface area contributed by atoms with Crippen LogP contribution in [0.25, 0.3) is 0 Å². The Bertz CT molecular complexity index is 645. The molecule has 5 heteroatoms. The normalized spacial score (nSPS) is 10.5. The predicted molar refractivity (Wildman–Crippen MR) is 78.0 cm³/mol. The summed E-state index contributed by atoms with van der Waals surface area (Å²) in [5.74, 6) is -0.614. The molecular weight excluding hydrogens is 333 g/mol. The average Bonchev–Trinajstić information content (AvgIpc) is 2.37. The summed E-state index contributed by atoms with van der Waals surface area (Å²) in [5.41, 5.74) is 6.74. The van der Waals surface area contributed by atoms with E-state index in [1.54, 1.807) is 24.3 Å². The van der Waals surface area contributed by atoms with Gasteiger partial charge in [0.25, 0.3) is 0 Å². The van der Waals surface area contributed by atoms with Crippen LogP contribution in [0.15, 0.2) is 40.9 Å². The molecule has 0 saturated carbocycles. The zero-order valence-electron chi connectivity index (χ0n) is 9.79. The van der Waals surface area contributed by atoms with Crippen LogP contribution in [0.4, 0.5) is 10.1 Å². The first kappa shape index (κ1) is 14.0. The Morgan fingerprint density at radius 3 is 2.68 bits per heavy atom. The molecule has 0 saturated heterocycles. The second kappa shape index (κ2) is 5.72. The van der Waals surface area contributed by atoms with Crippen molar-refractivity contribution in [3.63, 3.8) is 0 Å². The molecule has 0 bridgehead atoms. The second-order valence-corrected chi connectivity index (χ2v) is 5.39. The van der Waals surface area contributed by atoms with Crippen molar-refractivity contribution in [1.29, 1.82) is 0 Å². The third kappa shape index (κ3) is 3.33. The van der Waals surface area contributed by atoms with Crippen molar-refractivity contribution in [3.05, 3.63) is 62.8 Å². The molecule has 2 aromatic rings. The molecule has 98 valence electrons. The fraction of sp³-hybridized carbons (Fsp3) is 0.0714. The molecular formula is C14H10BrClFNO. The number of hydrogen-bond donors (Lipinski definition) is 1. The van der Waals surface area contributed by atoms with Crippen molar-refractivity contribution in [2.75, 3.05) is 5.73 Å². The van der Waals surface area contributed by atoms with Crippen LogP contribution < -0.4 is 5.73 Å². The molecule has 0 aliphatic carbocycles. The topological polar surface area (TPSA) is 43.1 Å². The maximum Gasteiger partial charge on any atom is 0.167 e. The van der Waals surface area contributed by atoms with Crippen molar-refractivity contribution in [3.8, 4) is 0 Å². The SMILES string of the molecule is Nc1ccc(C(=O)Cc2cc(Br)ccc2F)cc1Cl. The molecule has 0 unspecified atom stereocenters. The molecule has 0 heterocycles. The molecule has 0 radical (unpaired) electrons. The highest BCUT2D eigenvalue weighted by molar-refractivity contribution is 9.10. The smallest absolute Gasteiger partial charge is 0.167 e. The number of nitrogen functional groups attached to an aromatic ring is 1. The van der Waals surface area contributed by atoms with E-state index in [0.717, 1.165) is 4.47 Å². The number of halogens is 3. The van der Waals surface area contributed by atoms with Gasteiger partial charge < -0.3 is 5.73 Å². The van der Waals surface area contributed by atoms with Crippen LogP contribution in [0.5, 0.6) is 0 Å². The third-order valence-electron chi connectivity index (χ3n) is 2.68. The van der Waals surface area contributed by atoms with Gasteiger partial charge in [-0.2, -0.15) is 0 Å². The Kier molecular flexibility index (Phi) is 4.22. The first-order valence-electron chi connectivity index (χ1n) is 5.49. The Labute approximate surface area is 123 Å². The van der Waals surface area contributed by atoms with Gasteiger partial charge in [0, 0.05) is 16.5 Å². The van der Waals surface area contributed by atoms with Gasteiger partial charge in [0.2, 0.25) is 0 Å². The maximum absolute atomic E-state index is 13.6. The average molecular weight is 343 g/mol. The van der Waals surface area contributed by atoms with Crippen LogP contribution in [0.2, 0.25) is 5.02 Å². The van der Waals surface area contributed by atoms with Gasteiger partial charge in [0.15, 0.2) is 5.78 Å². The van der Waals surface area contributed by atoms with E-state index in [1.165, 1.54) is 12.1 Å². The van der Waals surface area contributed by atoms with Gasteiger partial charge in [-0.15, -0.1) is 0 Å². The van der Waals surface area contributed by atoms with E-state index in [-0.39, 0.29) is 12.2 Å². The molecule has 2 rings (SSSR count). The number of rotatable bonds is 3. The zero-order chi connectivity index (χ0) is 14.0. The Balaban J connectivity index is 2.25. The standard InChI is InChI=1S/C14H10BrClFNO/c15-10-2-3-12(17)9(5-10)7-14(19)8-1-4-13(18)11(16)6-8/h1-6H,7,18H2. The minimum absolute atomic E-state index is 0.0223. The first-order chi connectivity index (χ1) is 8.97. The summed E-state index contributed by atoms with van der Waals surface area (Å²) < 4.78 is 14.3. The lowest BCUT2D eigenvalue weighted by Gasteiger charge is -2.05. The monoisotopic (exact) mass is 341 g/mol. The predicted octanol–water partition coefficient (Wildman–Crippen LogP) is 4.25. The highest BCUT2D eigenvalue weighted by Crippen LogP contribution is 2.22. The summed E-state index contributed by atoms with van der Waals surface area (Å²) >= 11 is 9.11. The number of benzene rings is 2. The van der Waals surface area contributed by atoms with E-state index in [1.807, 2.05) is 0 Å². The molecule has 0 spiro atoms. The van der Waals surface area contributed by atoms with Gasteiger partial charge in [-0.05, 0) is 42.0 Å². The van der Waals surface area contributed by atoms with Crippen molar-refractivity contribution in [1.82, 2.24) is 0 Å². The van der Waals surface area contributed by atoms with Crippen LogP contribution in [0.3, 0.4) is 0 Å². The van der Waals surface area contributed by atoms with E-state index in [0.29, 0.717) is 21.8 Å². The minimum atomic E-state index is -0.405. The molecule has 19 heavy (non-hydrogen) atoms. The molecule has 0 aliphatic heterocycles. The molecule has 2 N–H and O–H groups in total. The largest absolute Gasteiger partial charge is 0.398 e. The fourth-order valence-electron chi connectivity index (χ4n) is 1.65. The summed E-state index contributed by atoms with van der Waals surface area (Å²) in [6.45, 7) is 0. The lowest BCUT2D eigenvalue weighted by atomic mass is 10.0. The van der Waals surface area contributed by atoms with Crippen LogP contribution in [-0.2, 0) is 6.42 Å². The number of ketones is 1. The highest BCUT2D eigenvalue weighted by Gasteiger charge is 2.12. The van der Waals surface area contributed by atoms with Crippen LogP contribution in [0, 0.1) is 5.82 Å². The molecule has 2 nitrogen and oxygen atoms in total. The molecule has 0 aromatic heterocycles. The number of carbonyl (C=O) groups is 1. The fourth-order valence-corrected chi connectivity index (χ4v) is 2.24. The Hall–Kier alpha value is -1.39. The van der Waals surface area contributed by atoms with Gasteiger partial charge in [-0.25, -0.2) is 4.39 Å². The Morgan fingerprint density at radius 1 is 1.26 bits per heavy atom. The summed E-state index contributed by atoms with van der Waals surface area (Å²) in [6, 6.07) is 9.14. The van der Waals surface area contributed by atoms with Gasteiger partial charge >= 0.3 is 0 Å². The van der Waals surface area contributed by atoms with Crippen molar-refractivity contribution in [2.45, 2.75) is 6.42 Å². The van der Waals surface area contributed by atoms with Gasteiger partial charge in [-0.3, -0.25) is 4.79 Å². The van der Waals surface area contributed by atoms with Crippen LogP contribution in [-0.4, -0.2) is 5.78 Å². The zero-order valence-corrected chi connectivity index (χ0v) is 12.1. The minimum Gasteiger partial charge on any atom is -0.398 e. The summed E-state index contributed by atoms with van der Waals surface area (Å²) in [4.78, 5) is 12.1. The summed E-state index contributed by atoms with van der Waals surface area (Å²) in [6.07, 6.45) is -0.0223. The summed E-state index contributed by atoms with van der Waals surface area (Å²) in [5, 5.41) is 0.320. The van der Waals surface area contributed by atoms with E-state index >= 15 is 0 Å². The maximum atomic E-state index is 13.6. The number of anilines is 1. The third-order valence-corrected chi connectivity index (χ3v) is 3.50. The van der Waals surface area contributed by atoms with Gasteiger partial charge in [0.1, 0.15) is 5.82 Å². The van der Waals surface area contributed by atoms with Crippen LogP contribution >= 0.6 is 27.5 Å².